The number of rotatable bonds is 8. The van der Waals surface area contributed by atoms with Crippen LogP contribution in [0.1, 0.15) is 35.7 Å². The molecule has 0 radical (unpaired) electrons. The van der Waals surface area contributed by atoms with Gasteiger partial charge in [-0.1, -0.05) is 0 Å². The molecule has 2 aromatic rings. The molecule has 1 atom stereocenters. The topological polar surface area (TPSA) is 88.6 Å². The fourth-order valence-electron chi connectivity index (χ4n) is 3.68. The summed E-state index contributed by atoms with van der Waals surface area (Å²) in [5, 5.41) is 5.21. The third kappa shape index (κ3) is 5.44. The van der Waals surface area contributed by atoms with Crippen LogP contribution in [0.3, 0.4) is 0 Å². The van der Waals surface area contributed by atoms with Crippen LogP contribution in [-0.4, -0.2) is 60.7 Å². The Morgan fingerprint density at radius 3 is 2.70 bits per heavy atom. The molecule has 12 heteroatoms. The molecular weight excluding hydrogens is 446 g/mol. The van der Waals surface area contributed by atoms with E-state index in [1.54, 1.807) is 11.8 Å². The highest BCUT2D eigenvalue weighted by Crippen LogP contribution is 2.35. The first-order valence-electron chi connectivity index (χ1n) is 10.3. The van der Waals surface area contributed by atoms with Crippen molar-refractivity contribution in [3.05, 3.63) is 35.3 Å². The van der Waals surface area contributed by atoms with E-state index in [0.717, 1.165) is 18.9 Å². The van der Waals surface area contributed by atoms with E-state index >= 15 is 0 Å². The number of alkyl halides is 3. The summed E-state index contributed by atoms with van der Waals surface area (Å²) < 4.78 is 64.9. The highest BCUT2D eigenvalue weighted by Gasteiger charge is 2.35. The van der Waals surface area contributed by atoms with E-state index in [4.69, 9.17) is 9.47 Å². The Hall–Kier alpha value is -3.15. The van der Waals surface area contributed by atoms with E-state index < -0.39 is 29.3 Å². The molecule has 8 nitrogen and oxygen atoms in total. The maximum Gasteiger partial charge on any atom is 0.421 e. The SMILES string of the molecule is CCNc1nc(Nc2cc(F)c(C(=O)N3CCCC3COC)cc2OC)ncc1C(F)(F)F. The molecule has 1 fully saturated rings. The number of aromatic nitrogens is 2. The van der Waals surface area contributed by atoms with E-state index in [1.807, 2.05) is 0 Å². The predicted octanol–water partition coefficient (Wildman–Crippen LogP) is 4.07. The first kappa shape index (κ1) is 24.5. The second kappa shape index (κ2) is 10.2. The molecule has 0 bridgehead atoms. The molecule has 1 aromatic heterocycles. The Morgan fingerprint density at radius 1 is 1.30 bits per heavy atom. The number of benzene rings is 1. The molecule has 180 valence electrons. The Balaban J connectivity index is 1.90. The zero-order valence-electron chi connectivity index (χ0n) is 18.4. The number of hydrogen-bond donors (Lipinski definition) is 2. The molecule has 1 aliphatic heterocycles. The molecule has 2 heterocycles. The summed E-state index contributed by atoms with van der Waals surface area (Å²) in [6.07, 6.45) is -2.45. The summed E-state index contributed by atoms with van der Waals surface area (Å²) in [5.41, 5.74) is -1.14. The van der Waals surface area contributed by atoms with Crippen LogP contribution >= 0.6 is 0 Å². The van der Waals surface area contributed by atoms with Gasteiger partial charge in [0.15, 0.2) is 0 Å². The van der Waals surface area contributed by atoms with Crippen molar-refractivity contribution in [3.63, 3.8) is 0 Å². The highest BCUT2D eigenvalue weighted by atomic mass is 19.4. The van der Waals surface area contributed by atoms with Gasteiger partial charge in [0.05, 0.1) is 31.0 Å². The Morgan fingerprint density at radius 2 is 2.06 bits per heavy atom. The lowest BCUT2D eigenvalue weighted by Gasteiger charge is -2.25. The third-order valence-electron chi connectivity index (χ3n) is 5.20. The van der Waals surface area contributed by atoms with Gasteiger partial charge in [-0.2, -0.15) is 18.2 Å². The first-order valence-corrected chi connectivity index (χ1v) is 10.3. The quantitative estimate of drug-likeness (QED) is 0.561. The van der Waals surface area contributed by atoms with Gasteiger partial charge in [-0.05, 0) is 25.8 Å². The average molecular weight is 471 g/mol. The van der Waals surface area contributed by atoms with E-state index in [9.17, 15) is 22.4 Å². The van der Waals surface area contributed by atoms with Crippen molar-refractivity contribution < 1.29 is 31.8 Å². The number of nitrogens with one attached hydrogen (secondary N) is 2. The summed E-state index contributed by atoms with van der Waals surface area (Å²) in [5.74, 6) is -1.81. The summed E-state index contributed by atoms with van der Waals surface area (Å²) in [7, 11) is 2.86. The van der Waals surface area contributed by atoms with E-state index in [1.165, 1.54) is 20.3 Å². The average Bonchev–Trinajstić information content (AvgIpc) is 3.21. The zero-order valence-corrected chi connectivity index (χ0v) is 18.4. The van der Waals surface area contributed by atoms with Crippen LogP contribution in [0.5, 0.6) is 5.75 Å². The van der Waals surface area contributed by atoms with Gasteiger partial charge in [-0.25, -0.2) is 9.37 Å². The molecule has 1 amide bonds. The normalized spacial score (nSPS) is 16.1. The van der Waals surface area contributed by atoms with Crippen LogP contribution < -0.4 is 15.4 Å². The molecule has 1 saturated heterocycles. The van der Waals surface area contributed by atoms with Crippen molar-refractivity contribution in [2.45, 2.75) is 32.0 Å². The molecule has 1 aliphatic rings. The van der Waals surface area contributed by atoms with Gasteiger partial charge in [0.1, 0.15) is 22.9 Å². The maximum absolute atomic E-state index is 14.9. The van der Waals surface area contributed by atoms with Crippen LogP contribution in [-0.2, 0) is 10.9 Å². The van der Waals surface area contributed by atoms with Crippen LogP contribution in [0.15, 0.2) is 18.3 Å². The third-order valence-corrected chi connectivity index (χ3v) is 5.20. The smallest absolute Gasteiger partial charge is 0.421 e. The minimum absolute atomic E-state index is 0.0589. The molecule has 2 N–H and O–H groups in total. The molecule has 1 unspecified atom stereocenters. The molecule has 33 heavy (non-hydrogen) atoms. The van der Waals surface area contributed by atoms with Crippen molar-refractivity contribution in [1.29, 1.82) is 0 Å². The van der Waals surface area contributed by atoms with Gasteiger partial charge in [0.25, 0.3) is 5.91 Å². The maximum atomic E-state index is 14.9. The monoisotopic (exact) mass is 471 g/mol. The van der Waals surface area contributed by atoms with Crippen molar-refractivity contribution in [2.75, 3.05) is 44.5 Å². The van der Waals surface area contributed by atoms with Crippen molar-refractivity contribution in [3.8, 4) is 5.75 Å². The predicted molar refractivity (Wildman–Crippen MR) is 113 cm³/mol. The van der Waals surface area contributed by atoms with Crippen LogP contribution in [0.25, 0.3) is 0 Å². The number of carbonyl (C=O) groups excluding carboxylic acids is 1. The molecule has 0 spiro atoms. The first-order chi connectivity index (χ1) is 15.7. The van der Waals surface area contributed by atoms with Gasteiger partial charge in [0.2, 0.25) is 5.95 Å². The Kier molecular flexibility index (Phi) is 7.57. The number of likely N-dealkylation sites (tertiary alicyclic amines) is 1. The molecule has 0 saturated carbocycles. The summed E-state index contributed by atoms with van der Waals surface area (Å²) in [6.45, 7) is 2.67. The Bertz CT molecular complexity index is 1000. The summed E-state index contributed by atoms with van der Waals surface area (Å²) in [4.78, 5) is 22.1. The van der Waals surface area contributed by atoms with Gasteiger partial charge in [-0.3, -0.25) is 4.79 Å². The number of halogens is 4. The second-order valence-electron chi connectivity index (χ2n) is 7.39. The zero-order chi connectivity index (χ0) is 24.2. The minimum Gasteiger partial charge on any atom is -0.495 e. The lowest BCUT2D eigenvalue weighted by Crippen LogP contribution is -2.38. The molecular formula is C21H25F4N5O3. The largest absolute Gasteiger partial charge is 0.495 e. The van der Waals surface area contributed by atoms with Crippen molar-refractivity contribution in [2.24, 2.45) is 0 Å². The van der Waals surface area contributed by atoms with Gasteiger partial charge < -0.3 is 25.0 Å². The van der Waals surface area contributed by atoms with Gasteiger partial charge in [0, 0.05) is 32.5 Å². The number of anilines is 3. The van der Waals surface area contributed by atoms with Gasteiger partial charge in [-0.15, -0.1) is 0 Å². The lowest BCUT2D eigenvalue weighted by atomic mass is 10.1. The number of methoxy groups -OCH3 is 2. The highest BCUT2D eigenvalue weighted by molar-refractivity contribution is 5.96. The van der Waals surface area contributed by atoms with E-state index in [0.29, 0.717) is 19.3 Å². The number of nitrogens with zero attached hydrogens (tertiary/aromatic N) is 3. The minimum atomic E-state index is -4.64. The second-order valence-corrected chi connectivity index (χ2v) is 7.39. The van der Waals surface area contributed by atoms with E-state index in [-0.39, 0.29) is 35.5 Å². The molecule has 0 aliphatic carbocycles. The number of hydrogen-bond acceptors (Lipinski definition) is 7. The van der Waals surface area contributed by atoms with E-state index in [2.05, 4.69) is 20.6 Å². The fourth-order valence-corrected chi connectivity index (χ4v) is 3.68. The standard InChI is InChI=1S/C21H25F4N5O3/c1-4-26-18-14(21(23,24)25)10-27-20(29-18)28-16-9-15(22)13(8-17(16)33-3)19(31)30-7-5-6-12(30)11-32-2/h8-10,12H,4-7,11H2,1-3H3,(H2,26,27,28,29). The molecule has 3 rings (SSSR count). The summed E-state index contributed by atoms with van der Waals surface area (Å²) >= 11 is 0. The van der Waals surface area contributed by atoms with Crippen molar-refractivity contribution in [1.82, 2.24) is 14.9 Å². The van der Waals surface area contributed by atoms with Gasteiger partial charge >= 0.3 is 6.18 Å². The lowest BCUT2D eigenvalue weighted by molar-refractivity contribution is -0.137. The van der Waals surface area contributed by atoms with Crippen LogP contribution in [0, 0.1) is 5.82 Å². The molecule has 1 aromatic carbocycles. The van der Waals surface area contributed by atoms with Crippen molar-refractivity contribution >= 4 is 23.4 Å². The summed E-state index contributed by atoms with van der Waals surface area (Å²) in [6, 6.07) is 2.13. The number of ether oxygens (including phenoxy) is 2. The fraction of sp³-hybridized carbons (Fsp3) is 0.476. The Labute approximate surface area is 188 Å². The van der Waals surface area contributed by atoms with Crippen LogP contribution in [0.2, 0.25) is 0 Å². The number of carbonyl (C=O) groups is 1. The van der Waals surface area contributed by atoms with Crippen LogP contribution in [0.4, 0.5) is 35.0 Å². The number of amides is 1.